The van der Waals surface area contributed by atoms with Crippen molar-refractivity contribution in [1.82, 2.24) is 0 Å². The summed E-state index contributed by atoms with van der Waals surface area (Å²) >= 11 is 0. The summed E-state index contributed by atoms with van der Waals surface area (Å²) < 4.78 is 11.7. The molecule has 0 bridgehead atoms. The molecule has 1 heterocycles. The van der Waals surface area contributed by atoms with Crippen molar-refractivity contribution in [2.45, 2.75) is 102 Å². The van der Waals surface area contributed by atoms with Gasteiger partial charge in [-0.05, 0) is 85.9 Å². The molecule has 0 aromatic rings. The molecule has 4 fully saturated rings. The van der Waals surface area contributed by atoms with Crippen molar-refractivity contribution in [3.05, 3.63) is 24.3 Å². The maximum Gasteiger partial charge on any atom is 0.186 e. The van der Waals surface area contributed by atoms with Crippen molar-refractivity contribution in [3.8, 4) is 0 Å². The number of allylic oxidation sites excluding steroid dienone is 2. The van der Waals surface area contributed by atoms with Gasteiger partial charge in [0.15, 0.2) is 6.29 Å². The number of aliphatic hydroxyl groups excluding tert-OH is 4. The van der Waals surface area contributed by atoms with Crippen LogP contribution in [0.3, 0.4) is 0 Å². The van der Waals surface area contributed by atoms with Gasteiger partial charge >= 0.3 is 0 Å². The molecule has 4 aliphatic carbocycles. The van der Waals surface area contributed by atoms with Crippen molar-refractivity contribution >= 4 is 0 Å². The second-order valence-corrected chi connectivity index (χ2v) is 11.9. The van der Waals surface area contributed by atoms with Gasteiger partial charge in [0.25, 0.3) is 0 Å². The second kappa shape index (κ2) is 8.72. The molecule has 0 amide bonds. The second-order valence-electron chi connectivity index (χ2n) is 11.9. The summed E-state index contributed by atoms with van der Waals surface area (Å²) in [7, 11) is 0. The van der Waals surface area contributed by atoms with Crippen LogP contribution in [0.1, 0.15) is 65.2 Å². The van der Waals surface area contributed by atoms with Crippen LogP contribution in [0.25, 0.3) is 0 Å². The number of rotatable bonds is 4. The number of hydrogen-bond acceptors (Lipinski definition) is 6. The van der Waals surface area contributed by atoms with Crippen LogP contribution in [-0.2, 0) is 9.47 Å². The van der Waals surface area contributed by atoms with Crippen molar-refractivity contribution < 1.29 is 29.9 Å². The van der Waals surface area contributed by atoms with Gasteiger partial charge in [0.05, 0.1) is 12.7 Å². The summed E-state index contributed by atoms with van der Waals surface area (Å²) in [5.74, 6) is 2.92. The first-order chi connectivity index (χ1) is 15.7. The molecular formula is C27H42O6. The van der Waals surface area contributed by atoms with Gasteiger partial charge in [-0.15, -0.1) is 6.58 Å². The zero-order valence-electron chi connectivity index (χ0n) is 20.1. The van der Waals surface area contributed by atoms with E-state index in [4.69, 9.17) is 9.47 Å². The van der Waals surface area contributed by atoms with Crippen LogP contribution in [0.2, 0.25) is 0 Å². The molecule has 1 saturated heterocycles. The average molecular weight is 463 g/mol. The normalized spacial score (nSPS) is 54.1. The van der Waals surface area contributed by atoms with Gasteiger partial charge in [-0.1, -0.05) is 31.6 Å². The minimum Gasteiger partial charge on any atom is -0.394 e. The van der Waals surface area contributed by atoms with Crippen LogP contribution >= 0.6 is 0 Å². The molecule has 186 valence electrons. The van der Waals surface area contributed by atoms with Crippen molar-refractivity contribution in [1.29, 1.82) is 0 Å². The van der Waals surface area contributed by atoms with Gasteiger partial charge in [-0.2, -0.15) is 0 Å². The maximum absolute atomic E-state index is 10.4. The molecule has 12 atom stereocenters. The lowest BCUT2D eigenvalue weighted by molar-refractivity contribution is -0.313. The minimum atomic E-state index is -1.40. The Hall–Kier alpha value is -0.760. The van der Waals surface area contributed by atoms with E-state index in [1.54, 1.807) is 0 Å². The highest BCUT2D eigenvalue weighted by atomic mass is 16.7. The number of aliphatic hydroxyl groups is 4. The molecule has 1 aliphatic heterocycles. The largest absolute Gasteiger partial charge is 0.394 e. The molecule has 6 heteroatoms. The van der Waals surface area contributed by atoms with E-state index < -0.39 is 37.3 Å². The summed E-state index contributed by atoms with van der Waals surface area (Å²) in [6, 6.07) is 0. The summed E-state index contributed by atoms with van der Waals surface area (Å²) in [5, 5.41) is 40.0. The fourth-order valence-corrected chi connectivity index (χ4v) is 8.54. The van der Waals surface area contributed by atoms with Gasteiger partial charge < -0.3 is 29.9 Å². The van der Waals surface area contributed by atoms with Crippen LogP contribution in [0.5, 0.6) is 0 Å². The topological polar surface area (TPSA) is 99.4 Å². The third kappa shape index (κ3) is 3.68. The van der Waals surface area contributed by atoms with E-state index >= 15 is 0 Å². The molecule has 0 aromatic heterocycles. The predicted molar refractivity (Wildman–Crippen MR) is 124 cm³/mol. The fraction of sp³-hybridized carbons (Fsp3) is 0.852. The molecule has 33 heavy (non-hydrogen) atoms. The van der Waals surface area contributed by atoms with Crippen LogP contribution < -0.4 is 0 Å². The summed E-state index contributed by atoms with van der Waals surface area (Å²) in [5.41, 5.74) is 2.09. The van der Waals surface area contributed by atoms with Gasteiger partial charge in [0.2, 0.25) is 0 Å². The summed E-state index contributed by atoms with van der Waals surface area (Å²) in [6.45, 7) is 8.68. The van der Waals surface area contributed by atoms with Crippen LogP contribution in [0.4, 0.5) is 0 Å². The Kier molecular flexibility index (Phi) is 6.33. The Labute approximate surface area is 197 Å². The fourth-order valence-electron chi connectivity index (χ4n) is 8.54. The van der Waals surface area contributed by atoms with Gasteiger partial charge in [0.1, 0.15) is 24.4 Å². The smallest absolute Gasteiger partial charge is 0.186 e. The Morgan fingerprint density at radius 2 is 1.85 bits per heavy atom. The summed E-state index contributed by atoms with van der Waals surface area (Å²) in [4.78, 5) is 0. The molecule has 0 radical (unpaired) electrons. The molecule has 0 aromatic carbocycles. The molecule has 4 N–H and O–H groups in total. The maximum atomic E-state index is 10.4. The zero-order chi connectivity index (χ0) is 23.5. The van der Waals surface area contributed by atoms with Crippen LogP contribution in [0.15, 0.2) is 24.3 Å². The predicted octanol–water partition coefficient (Wildman–Crippen LogP) is 2.94. The van der Waals surface area contributed by atoms with E-state index in [2.05, 4.69) is 32.6 Å². The lowest BCUT2D eigenvalue weighted by Crippen LogP contribution is -2.60. The van der Waals surface area contributed by atoms with Crippen molar-refractivity contribution in [3.63, 3.8) is 0 Å². The summed E-state index contributed by atoms with van der Waals surface area (Å²) in [6.07, 6.45) is 7.62. The van der Waals surface area contributed by atoms with Crippen molar-refractivity contribution in [2.75, 3.05) is 6.61 Å². The zero-order valence-corrected chi connectivity index (χ0v) is 20.1. The highest BCUT2D eigenvalue weighted by Gasteiger charge is 2.58. The SMILES string of the molecule is C=C[C@H]1CC[C@H]2[C@@H]3CC=C4C[C@@H](O[C@@H]5OC(CO)[C@@H](O)C(O)C5O)CC[C@]4(C)[C@H]3CC[C@]12C. The monoisotopic (exact) mass is 462 g/mol. The number of fused-ring (bicyclic) bond motifs is 5. The van der Waals surface area contributed by atoms with Crippen molar-refractivity contribution in [2.24, 2.45) is 34.5 Å². The molecule has 6 nitrogen and oxygen atoms in total. The first-order valence-electron chi connectivity index (χ1n) is 13.0. The molecule has 0 spiro atoms. The van der Waals surface area contributed by atoms with E-state index in [1.165, 1.54) is 31.3 Å². The van der Waals surface area contributed by atoms with Gasteiger partial charge in [0, 0.05) is 0 Å². The average Bonchev–Trinajstić information content (AvgIpc) is 3.16. The third-order valence-corrected chi connectivity index (χ3v) is 10.6. The Balaban J connectivity index is 1.29. The molecule has 3 unspecified atom stereocenters. The number of ether oxygens (including phenoxy) is 2. The first kappa shape index (κ1) is 24.0. The Morgan fingerprint density at radius 1 is 1.06 bits per heavy atom. The lowest BCUT2D eigenvalue weighted by Gasteiger charge is -2.58. The molecule has 5 aliphatic rings. The third-order valence-electron chi connectivity index (χ3n) is 10.6. The van der Waals surface area contributed by atoms with Crippen LogP contribution in [0, 0.1) is 34.5 Å². The highest BCUT2D eigenvalue weighted by molar-refractivity contribution is 5.25. The molecule has 3 saturated carbocycles. The van der Waals surface area contributed by atoms with E-state index in [0.29, 0.717) is 17.3 Å². The Morgan fingerprint density at radius 3 is 2.58 bits per heavy atom. The minimum absolute atomic E-state index is 0.104. The quantitative estimate of drug-likeness (QED) is 0.480. The van der Waals surface area contributed by atoms with Gasteiger partial charge in [-0.3, -0.25) is 0 Å². The first-order valence-corrected chi connectivity index (χ1v) is 13.0. The van der Waals surface area contributed by atoms with E-state index in [0.717, 1.165) is 37.5 Å². The van der Waals surface area contributed by atoms with E-state index in [9.17, 15) is 20.4 Å². The Bertz CT molecular complexity index is 781. The standard InChI is InChI=1S/C27H42O6/c1-4-15-6-8-19-18-7-5-16-13-17(9-11-27(16,3)20(18)10-12-26(15,19)2)32-25-24(31)23(30)22(29)21(14-28)33-25/h4-5,15,17-25,28-31H,1,6-14H2,2-3H3/t15-,17-,18-,19-,20-,21?,22+,23?,24?,25+,26+,27-/m0/s1. The van der Waals surface area contributed by atoms with E-state index in [-0.39, 0.29) is 11.5 Å². The lowest BCUT2D eigenvalue weighted by atomic mass is 9.47. The van der Waals surface area contributed by atoms with Gasteiger partial charge in [-0.25, -0.2) is 0 Å². The number of hydrogen-bond donors (Lipinski definition) is 4. The highest BCUT2D eigenvalue weighted by Crippen LogP contribution is 2.66. The van der Waals surface area contributed by atoms with E-state index in [1.807, 2.05) is 0 Å². The molecule has 5 rings (SSSR count). The molecular weight excluding hydrogens is 420 g/mol. The van der Waals surface area contributed by atoms with Crippen LogP contribution in [-0.4, -0.2) is 63.8 Å².